The monoisotopic (exact) mass is 298 g/mol. The number of hydrogen-bond acceptors (Lipinski definition) is 5. The van der Waals surface area contributed by atoms with Crippen molar-refractivity contribution in [3.63, 3.8) is 0 Å². The van der Waals surface area contributed by atoms with Gasteiger partial charge in [-0.25, -0.2) is 18.7 Å². The van der Waals surface area contributed by atoms with Gasteiger partial charge in [0.05, 0.1) is 17.7 Å². The molecule has 108 valence electrons. The van der Waals surface area contributed by atoms with Crippen LogP contribution < -0.4 is 10.2 Å². The minimum Gasteiger partial charge on any atom is -0.368 e. The molecule has 0 aliphatic rings. The highest BCUT2D eigenvalue weighted by Gasteiger charge is 2.16. The second kappa shape index (κ2) is 6.13. The van der Waals surface area contributed by atoms with Gasteiger partial charge in [-0.15, -0.1) is 11.3 Å². The lowest BCUT2D eigenvalue weighted by Gasteiger charge is -2.19. The fourth-order valence-electron chi connectivity index (χ4n) is 1.78. The molecule has 0 fully saturated rings. The first-order valence-corrected chi connectivity index (χ1v) is 7.11. The molecule has 0 aliphatic heterocycles. The summed E-state index contributed by atoms with van der Waals surface area (Å²) in [5.41, 5.74) is 2.66. The number of aryl methyl sites for hydroxylation is 1. The lowest BCUT2D eigenvalue weighted by molar-refractivity contribution is 0.572. The topological polar surface area (TPSA) is 41.1 Å². The van der Waals surface area contributed by atoms with Gasteiger partial charge in [-0.05, 0) is 13.8 Å². The van der Waals surface area contributed by atoms with Crippen LogP contribution in [0, 0.1) is 18.6 Å². The van der Waals surface area contributed by atoms with Crippen molar-refractivity contribution >= 4 is 23.0 Å². The molecule has 0 radical (unpaired) electrons. The Morgan fingerprint density at radius 2 is 2.10 bits per heavy atom. The third-order valence-electron chi connectivity index (χ3n) is 2.84. The van der Waals surface area contributed by atoms with Gasteiger partial charge >= 0.3 is 0 Å². The van der Waals surface area contributed by atoms with Gasteiger partial charge in [0.25, 0.3) is 0 Å². The number of hydrogen-bond donors (Lipinski definition) is 1. The fraction of sp³-hybridized carbons (Fsp3) is 0.385. The van der Waals surface area contributed by atoms with E-state index in [-0.39, 0.29) is 11.6 Å². The highest BCUT2D eigenvalue weighted by Crippen LogP contribution is 2.24. The molecule has 2 heterocycles. The van der Waals surface area contributed by atoms with Gasteiger partial charge < -0.3 is 10.2 Å². The number of nitrogens with zero attached hydrogens (tertiary/aromatic N) is 3. The van der Waals surface area contributed by atoms with Gasteiger partial charge in [0.1, 0.15) is 0 Å². The normalized spacial score (nSPS) is 10.7. The van der Waals surface area contributed by atoms with Crippen LogP contribution in [0.3, 0.4) is 0 Å². The first kappa shape index (κ1) is 14.6. The van der Waals surface area contributed by atoms with E-state index >= 15 is 0 Å². The van der Waals surface area contributed by atoms with E-state index in [4.69, 9.17) is 0 Å². The van der Waals surface area contributed by atoms with E-state index in [0.29, 0.717) is 13.1 Å². The Labute approximate surface area is 120 Å². The maximum atomic E-state index is 13.9. The smallest absolute Gasteiger partial charge is 0.168 e. The molecule has 0 aliphatic carbocycles. The molecular formula is C13H16F2N4S. The summed E-state index contributed by atoms with van der Waals surface area (Å²) in [5, 5.41) is 2.78. The third-order valence-corrected chi connectivity index (χ3v) is 3.76. The van der Waals surface area contributed by atoms with E-state index in [1.165, 1.54) is 11.3 Å². The van der Waals surface area contributed by atoms with Crippen molar-refractivity contribution in [2.45, 2.75) is 20.4 Å². The van der Waals surface area contributed by atoms with Crippen LogP contribution in [-0.2, 0) is 6.54 Å². The standard InChI is InChI=1S/C13H16F2N4S/c1-4-16-12-9(14)5-10(15)13(18-12)19(3)6-11-8(2)17-7-20-11/h5,7H,4,6H2,1-3H3,(H,16,18). The van der Waals surface area contributed by atoms with Crippen molar-refractivity contribution in [3.8, 4) is 0 Å². The molecule has 7 heteroatoms. The number of pyridine rings is 1. The Balaban J connectivity index is 2.27. The average Bonchev–Trinajstić information content (AvgIpc) is 2.78. The molecular weight excluding hydrogens is 282 g/mol. The summed E-state index contributed by atoms with van der Waals surface area (Å²) in [6.45, 7) is 4.73. The molecule has 2 aromatic rings. The van der Waals surface area contributed by atoms with Crippen molar-refractivity contribution in [2.24, 2.45) is 0 Å². The van der Waals surface area contributed by atoms with Gasteiger partial charge in [-0.1, -0.05) is 0 Å². The summed E-state index contributed by atoms with van der Waals surface area (Å²) in [4.78, 5) is 10.9. The number of nitrogens with one attached hydrogen (secondary N) is 1. The van der Waals surface area contributed by atoms with Crippen LogP contribution in [-0.4, -0.2) is 23.6 Å². The Hall–Kier alpha value is -1.76. The molecule has 2 aromatic heterocycles. The van der Waals surface area contributed by atoms with Crippen LogP contribution in [0.15, 0.2) is 11.6 Å². The predicted octanol–water partition coefficient (Wildman–Crippen LogP) is 3.19. The zero-order chi connectivity index (χ0) is 14.7. The van der Waals surface area contributed by atoms with Crippen LogP contribution in [0.1, 0.15) is 17.5 Å². The van der Waals surface area contributed by atoms with E-state index in [2.05, 4.69) is 15.3 Å². The Bertz CT molecular complexity index is 600. The Kier molecular flexibility index (Phi) is 4.49. The summed E-state index contributed by atoms with van der Waals surface area (Å²) in [6, 6.07) is 0.857. The zero-order valence-electron chi connectivity index (χ0n) is 11.6. The second-order valence-electron chi connectivity index (χ2n) is 4.37. The Morgan fingerprint density at radius 3 is 2.70 bits per heavy atom. The van der Waals surface area contributed by atoms with Crippen molar-refractivity contribution in [3.05, 3.63) is 33.8 Å². The minimum atomic E-state index is -0.685. The van der Waals surface area contributed by atoms with Crippen LogP contribution in [0.4, 0.5) is 20.4 Å². The van der Waals surface area contributed by atoms with Crippen LogP contribution >= 0.6 is 11.3 Å². The predicted molar refractivity (Wildman–Crippen MR) is 77.3 cm³/mol. The zero-order valence-corrected chi connectivity index (χ0v) is 12.4. The molecule has 20 heavy (non-hydrogen) atoms. The lowest BCUT2D eigenvalue weighted by Crippen LogP contribution is -2.20. The van der Waals surface area contributed by atoms with E-state index in [1.54, 1.807) is 17.5 Å². The van der Waals surface area contributed by atoms with Gasteiger partial charge in [-0.3, -0.25) is 0 Å². The van der Waals surface area contributed by atoms with Gasteiger partial charge in [0, 0.05) is 24.5 Å². The summed E-state index contributed by atoms with van der Waals surface area (Å²) in [6.07, 6.45) is 0. The maximum absolute atomic E-state index is 13.9. The molecule has 0 saturated heterocycles. The maximum Gasteiger partial charge on any atom is 0.168 e. The summed E-state index contributed by atoms with van der Waals surface area (Å²) in [7, 11) is 1.72. The largest absolute Gasteiger partial charge is 0.368 e. The summed E-state index contributed by atoms with van der Waals surface area (Å²) in [5.74, 6) is -1.17. The third kappa shape index (κ3) is 3.04. The quantitative estimate of drug-likeness (QED) is 0.920. The molecule has 2 rings (SSSR count). The van der Waals surface area contributed by atoms with Crippen LogP contribution in [0.5, 0.6) is 0 Å². The number of halogens is 2. The highest BCUT2D eigenvalue weighted by atomic mass is 32.1. The number of rotatable bonds is 5. The van der Waals surface area contributed by atoms with E-state index in [0.717, 1.165) is 16.6 Å². The Morgan fingerprint density at radius 1 is 1.35 bits per heavy atom. The number of anilines is 2. The molecule has 0 aromatic carbocycles. The van der Waals surface area contributed by atoms with Crippen LogP contribution in [0.2, 0.25) is 0 Å². The van der Waals surface area contributed by atoms with Crippen LogP contribution in [0.25, 0.3) is 0 Å². The lowest BCUT2D eigenvalue weighted by atomic mass is 10.3. The van der Waals surface area contributed by atoms with Crippen molar-refractivity contribution < 1.29 is 8.78 Å². The number of aromatic nitrogens is 2. The molecule has 0 amide bonds. The SMILES string of the molecule is CCNc1nc(N(C)Cc2scnc2C)c(F)cc1F. The summed E-state index contributed by atoms with van der Waals surface area (Å²) >= 11 is 1.50. The molecule has 0 bridgehead atoms. The molecule has 0 atom stereocenters. The van der Waals surface area contributed by atoms with Crippen molar-refractivity contribution in [2.75, 3.05) is 23.8 Å². The van der Waals surface area contributed by atoms with E-state index in [9.17, 15) is 8.78 Å². The average molecular weight is 298 g/mol. The molecule has 1 N–H and O–H groups in total. The van der Waals surface area contributed by atoms with Crippen molar-refractivity contribution in [1.29, 1.82) is 0 Å². The summed E-state index contributed by atoms with van der Waals surface area (Å²) < 4.78 is 27.4. The van der Waals surface area contributed by atoms with Gasteiger partial charge in [-0.2, -0.15) is 0 Å². The highest BCUT2D eigenvalue weighted by molar-refractivity contribution is 7.09. The first-order chi connectivity index (χ1) is 9.52. The van der Waals surface area contributed by atoms with Gasteiger partial charge in [0.2, 0.25) is 0 Å². The molecule has 0 saturated carbocycles. The molecule has 0 spiro atoms. The first-order valence-electron chi connectivity index (χ1n) is 6.23. The van der Waals surface area contributed by atoms with Crippen molar-refractivity contribution in [1.82, 2.24) is 9.97 Å². The minimum absolute atomic E-state index is 0.0665. The molecule has 4 nitrogen and oxygen atoms in total. The second-order valence-corrected chi connectivity index (χ2v) is 5.31. The fourth-order valence-corrected chi connectivity index (χ4v) is 2.61. The van der Waals surface area contributed by atoms with E-state index in [1.807, 2.05) is 13.8 Å². The van der Waals surface area contributed by atoms with Gasteiger partial charge in [0.15, 0.2) is 23.3 Å². The number of thiazole rings is 1. The molecule has 0 unspecified atom stereocenters. The van der Waals surface area contributed by atoms with E-state index < -0.39 is 11.6 Å².